The highest BCUT2D eigenvalue weighted by Crippen LogP contribution is 2.22. The number of piperazine rings is 1. The lowest BCUT2D eigenvalue weighted by Crippen LogP contribution is -2.44. The van der Waals surface area contributed by atoms with Gasteiger partial charge in [-0.2, -0.15) is 5.26 Å². The largest absolute Gasteiger partial charge is 0.367 e. The van der Waals surface area contributed by atoms with Gasteiger partial charge in [-0.1, -0.05) is 33.3 Å². The van der Waals surface area contributed by atoms with Gasteiger partial charge < -0.3 is 4.90 Å². The standard InChI is InChI=1S/C17H16BrN5/c18-15-5-7-16(8-6-15)20-21-23-11-9-22(10-12-23)17-4-2-1-3-14(17)13-19/h1-8H,9-12H2. The molecule has 0 saturated carbocycles. The number of benzene rings is 2. The number of hydrogen-bond donors (Lipinski definition) is 0. The topological polar surface area (TPSA) is 55.0 Å². The molecule has 1 aliphatic rings. The van der Waals surface area contributed by atoms with Crippen molar-refractivity contribution in [3.05, 3.63) is 58.6 Å². The molecule has 2 aromatic carbocycles. The molecule has 0 radical (unpaired) electrons. The number of hydrogen-bond acceptors (Lipinski definition) is 4. The van der Waals surface area contributed by atoms with E-state index in [1.807, 2.05) is 53.5 Å². The summed E-state index contributed by atoms with van der Waals surface area (Å²) in [5.74, 6) is 0. The van der Waals surface area contributed by atoms with Crippen LogP contribution in [-0.4, -0.2) is 31.2 Å². The van der Waals surface area contributed by atoms with Crippen LogP contribution in [0, 0.1) is 11.3 Å². The van der Waals surface area contributed by atoms with Crippen LogP contribution < -0.4 is 4.90 Å². The van der Waals surface area contributed by atoms with Gasteiger partial charge in [0, 0.05) is 17.6 Å². The van der Waals surface area contributed by atoms with Crippen molar-refractivity contribution in [1.82, 2.24) is 5.01 Å². The van der Waals surface area contributed by atoms with Crippen LogP contribution in [0.4, 0.5) is 11.4 Å². The van der Waals surface area contributed by atoms with Crippen LogP contribution in [0.1, 0.15) is 5.56 Å². The zero-order valence-corrected chi connectivity index (χ0v) is 14.1. The lowest BCUT2D eigenvalue weighted by molar-refractivity contribution is 0.254. The van der Waals surface area contributed by atoms with Crippen LogP contribution in [0.5, 0.6) is 0 Å². The molecular formula is C17H16BrN5. The van der Waals surface area contributed by atoms with Gasteiger partial charge in [-0.3, -0.25) is 5.01 Å². The fourth-order valence-electron chi connectivity index (χ4n) is 2.49. The van der Waals surface area contributed by atoms with Crippen LogP contribution in [0.2, 0.25) is 0 Å². The number of nitrogens with zero attached hydrogens (tertiary/aromatic N) is 5. The van der Waals surface area contributed by atoms with Gasteiger partial charge in [0.05, 0.1) is 30.0 Å². The van der Waals surface area contributed by atoms with Crippen molar-refractivity contribution in [1.29, 1.82) is 5.26 Å². The Kier molecular flexibility index (Phi) is 4.89. The van der Waals surface area contributed by atoms with Gasteiger partial charge in [0.1, 0.15) is 6.07 Å². The molecule has 0 unspecified atom stereocenters. The lowest BCUT2D eigenvalue weighted by Gasteiger charge is -2.34. The van der Waals surface area contributed by atoms with Crippen LogP contribution in [0.15, 0.2) is 63.3 Å². The van der Waals surface area contributed by atoms with Crippen molar-refractivity contribution in [2.24, 2.45) is 10.3 Å². The van der Waals surface area contributed by atoms with Crippen molar-refractivity contribution in [3.63, 3.8) is 0 Å². The maximum absolute atomic E-state index is 9.21. The molecule has 0 atom stereocenters. The molecule has 1 fully saturated rings. The first-order valence-corrected chi connectivity index (χ1v) is 8.22. The third kappa shape index (κ3) is 3.88. The monoisotopic (exact) mass is 369 g/mol. The summed E-state index contributed by atoms with van der Waals surface area (Å²) in [4.78, 5) is 2.23. The summed E-state index contributed by atoms with van der Waals surface area (Å²) >= 11 is 3.40. The number of rotatable bonds is 3. The van der Waals surface area contributed by atoms with Gasteiger partial charge in [0.15, 0.2) is 0 Å². The predicted octanol–water partition coefficient (Wildman–Crippen LogP) is 4.14. The molecular weight excluding hydrogens is 354 g/mol. The first-order chi connectivity index (χ1) is 11.3. The highest BCUT2D eigenvalue weighted by atomic mass is 79.9. The molecule has 0 aliphatic carbocycles. The molecule has 3 rings (SSSR count). The van der Waals surface area contributed by atoms with Crippen LogP contribution >= 0.6 is 15.9 Å². The molecule has 5 nitrogen and oxygen atoms in total. The average molecular weight is 370 g/mol. The SMILES string of the molecule is N#Cc1ccccc1N1CCN(N=Nc2ccc(Br)cc2)CC1. The van der Waals surface area contributed by atoms with Crippen LogP contribution in [0.25, 0.3) is 0 Å². The number of nitriles is 1. The van der Waals surface area contributed by atoms with Crippen LogP contribution in [-0.2, 0) is 0 Å². The molecule has 1 aliphatic heterocycles. The summed E-state index contributed by atoms with van der Waals surface area (Å²) in [6.45, 7) is 3.25. The van der Waals surface area contributed by atoms with Gasteiger partial charge in [0.25, 0.3) is 0 Å². The molecule has 116 valence electrons. The van der Waals surface area contributed by atoms with Crippen molar-refractivity contribution in [3.8, 4) is 6.07 Å². The molecule has 1 heterocycles. The second-order valence-corrected chi connectivity index (χ2v) is 6.15. The predicted molar refractivity (Wildman–Crippen MR) is 93.6 cm³/mol. The van der Waals surface area contributed by atoms with E-state index < -0.39 is 0 Å². The summed E-state index contributed by atoms with van der Waals surface area (Å²) in [7, 11) is 0. The molecule has 23 heavy (non-hydrogen) atoms. The quantitative estimate of drug-likeness (QED) is 0.763. The van der Waals surface area contributed by atoms with E-state index >= 15 is 0 Å². The molecule has 1 saturated heterocycles. The minimum absolute atomic E-state index is 0.720. The first kappa shape index (κ1) is 15.5. The summed E-state index contributed by atoms with van der Waals surface area (Å²) < 4.78 is 1.03. The van der Waals surface area contributed by atoms with Crippen molar-refractivity contribution < 1.29 is 0 Å². The summed E-state index contributed by atoms with van der Waals surface area (Å²) in [6.07, 6.45) is 0. The van der Waals surface area contributed by atoms with Crippen LogP contribution in [0.3, 0.4) is 0 Å². The van der Waals surface area contributed by atoms with Gasteiger partial charge in [-0.15, -0.1) is 5.11 Å². The minimum atomic E-state index is 0.720. The van der Waals surface area contributed by atoms with E-state index in [4.69, 9.17) is 0 Å². The zero-order valence-electron chi connectivity index (χ0n) is 12.6. The van der Waals surface area contributed by atoms with Gasteiger partial charge in [-0.05, 0) is 36.4 Å². The molecule has 0 aromatic heterocycles. The Balaban J connectivity index is 1.60. The van der Waals surface area contributed by atoms with Crippen molar-refractivity contribution in [2.45, 2.75) is 0 Å². The average Bonchev–Trinajstić information content (AvgIpc) is 2.62. The number of halogens is 1. The Morgan fingerprint density at radius 2 is 1.65 bits per heavy atom. The van der Waals surface area contributed by atoms with E-state index in [1.165, 1.54) is 0 Å². The van der Waals surface area contributed by atoms with Crippen molar-refractivity contribution in [2.75, 3.05) is 31.1 Å². The molecule has 0 bridgehead atoms. The highest BCUT2D eigenvalue weighted by Gasteiger charge is 2.18. The smallest absolute Gasteiger partial charge is 0.101 e. The van der Waals surface area contributed by atoms with E-state index in [2.05, 4.69) is 37.2 Å². The normalized spacial score (nSPS) is 15.0. The van der Waals surface area contributed by atoms with E-state index in [-0.39, 0.29) is 0 Å². The molecule has 6 heteroatoms. The summed E-state index contributed by atoms with van der Waals surface area (Å²) in [5, 5.41) is 19.7. The maximum atomic E-state index is 9.21. The third-order valence-electron chi connectivity index (χ3n) is 3.73. The van der Waals surface area contributed by atoms with Gasteiger partial charge >= 0.3 is 0 Å². The van der Waals surface area contributed by atoms with Gasteiger partial charge in [-0.25, -0.2) is 0 Å². The maximum Gasteiger partial charge on any atom is 0.101 e. The number of para-hydroxylation sites is 1. The Labute approximate surface area is 144 Å². The molecule has 2 aromatic rings. The van der Waals surface area contributed by atoms with E-state index in [0.717, 1.165) is 47.6 Å². The lowest BCUT2D eigenvalue weighted by atomic mass is 10.1. The summed E-state index contributed by atoms with van der Waals surface area (Å²) in [6, 6.07) is 17.7. The Morgan fingerprint density at radius 3 is 2.35 bits per heavy atom. The second-order valence-electron chi connectivity index (χ2n) is 5.24. The zero-order chi connectivity index (χ0) is 16.1. The fraction of sp³-hybridized carbons (Fsp3) is 0.235. The van der Waals surface area contributed by atoms with Crippen molar-refractivity contribution >= 4 is 27.3 Å². The Hall–Kier alpha value is -2.39. The fourth-order valence-corrected chi connectivity index (χ4v) is 2.76. The van der Waals surface area contributed by atoms with E-state index in [9.17, 15) is 5.26 Å². The third-order valence-corrected chi connectivity index (χ3v) is 4.26. The second kappa shape index (κ2) is 7.25. The molecule has 0 spiro atoms. The summed E-state index contributed by atoms with van der Waals surface area (Å²) in [5.41, 5.74) is 2.56. The van der Waals surface area contributed by atoms with Gasteiger partial charge in [0.2, 0.25) is 0 Å². The Bertz CT molecular complexity index is 727. The Morgan fingerprint density at radius 1 is 0.957 bits per heavy atom. The van der Waals surface area contributed by atoms with E-state index in [0.29, 0.717) is 0 Å². The minimum Gasteiger partial charge on any atom is -0.367 e. The number of anilines is 1. The van der Waals surface area contributed by atoms with E-state index in [1.54, 1.807) is 0 Å². The first-order valence-electron chi connectivity index (χ1n) is 7.42. The molecule has 0 amide bonds. The molecule has 0 N–H and O–H groups in total. The highest BCUT2D eigenvalue weighted by molar-refractivity contribution is 9.10.